The first kappa shape index (κ1) is 18.8. The predicted molar refractivity (Wildman–Crippen MR) is 110 cm³/mol. The molecule has 1 aromatic heterocycles. The average molecular weight is 379 g/mol. The highest BCUT2D eigenvalue weighted by Gasteiger charge is 2.15. The first-order valence-corrected chi connectivity index (χ1v) is 9.58. The maximum absolute atomic E-state index is 12.4. The van der Waals surface area contributed by atoms with E-state index in [1.807, 2.05) is 61.5 Å². The normalized spacial score (nSPS) is 10.9. The Morgan fingerprint density at radius 3 is 2.70 bits per heavy atom. The molecule has 0 atom stereocenters. The zero-order chi connectivity index (χ0) is 19.1. The lowest BCUT2D eigenvalue weighted by Crippen LogP contribution is -2.19. The van der Waals surface area contributed by atoms with Gasteiger partial charge in [0, 0.05) is 16.0 Å². The third-order valence-electron chi connectivity index (χ3n) is 3.78. The molecule has 0 aliphatic carbocycles. The number of thiazole rings is 1. The molecule has 0 aliphatic heterocycles. The minimum atomic E-state index is -0.325. The summed E-state index contributed by atoms with van der Waals surface area (Å²) in [5, 5.41) is 4.89. The van der Waals surface area contributed by atoms with Crippen molar-refractivity contribution in [2.24, 2.45) is 5.10 Å². The average Bonchev–Trinajstić information content (AvgIpc) is 3.09. The predicted octanol–water partition coefficient (Wildman–Crippen LogP) is 4.67. The second-order valence-electron chi connectivity index (χ2n) is 5.88. The molecule has 6 heteroatoms. The van der Waals surface area contributed by atoms with Crippen molar-refractivity contribution >= 4 is 23.5 Å². The van der Waals surface area contributed by atoms with E-state index < -0.39 is 0 Å². The Morgan fingerprint density at radius 2 is 1.93 bits per heavy atom. The third kappa shape index (κ3) is 4.80. The quantitative estimate of drug-likeness (QED) is 0.479. The van der Waals surface area contributed by atoms with Gasteiger partial charge in [-0.15, -0.1) is 11.3 Å². The Kier molecular flexibility index (Phi) is 6.33. The second-order valence-corrected chi connectivity index (χ2v) is 7.08. The lowest BCUT2D eigenvalue weighted by atomic mass is 10.2. The number of hydrogen-bond acceptors (Lipinski definition) is 5. The van der Waals surface area contributed by atoms with Gasteiger partial charge in [0.05, 0.1) is 12.8 Å². The first-order valence-electron chi connectivity index (χ1n) is 8.77. The largest absolute Gasteiger partial charge is 0.493 e. The summed E-state index contributed by atoms with van der Waals surface area (Å²) < 4.78 is 5.69. The van der Waals surface area contributed by atoms with Crippen LogP contribution < -0.4 is 10.2 Å². The van der Waals surface area contributed by atoms with E-state index in [-0.39, 0.29) is 5.91 Å². The van der Waals surface area contributed by atoms with Gasteiger partial charge >= 0.3 is 0 Å². The maximum atomic E-state index is 12.4. The highest BCUT2D eigenvalue weighted by Crippen LogP contribution is 2.27. The zero-order valence-electron chi connectivity index (χ0n) is 15.3. The molecule has 0 radical (unpaired) electrons. The molecule has 5 nitrogen and oxygen atoms in total. The highest BCUT2D eigenvalue weighted by molar-refractivity contribution is 7.15. The van der Waals surface area contributed by atoms with Gasteiger partial charge < -0.3 is 4.74 Å². The summed E-state index contributed by atoms with van der Waals surface area (Å²) in [6.07, 6.45) is 2.51. The minimum Gasteiger partial charge on any atom is -0.493 e. The Bertz CT molecular complexity index is 936. The lowest BCUT2D eigenvalue weighted by molar-refractivity contribution is 0.0950. The Morgan fingerprint density at radius 1 is 1.19 bits per heavy atom. The van der Waals surface area contributed by atoms with Gasteiger partial charge in [-0.3, -0.25) is 4.79 Å². The molecule has 0 saturated carbocycles. The van der Waals surface area contributed by atoms with Crippen molar-refractivity contribution in [1.82, 2.24) is 10.4 Å². The molecule has 3 aromatic rings. The smallest absolute Gasteiger partial charge is 0.291 e. The van der Waals surface area contributed by atoms with Crippen LogP contribution in [0.3, 0.4) is 0 Å². The van der Waals surface area contributed by atoms with E-state index in [4.69, 9.17) is 4.74 Å². The summed E-state index contributed by atoms with van der Waals surface area (Å²) in [4.78, 5) is 17.8. The fourth-order valence-corrected chi connectivity index (χ4v) is 3.37. The van der Waals surface area contributed by atoms with Crippen LogP contribution in [0, 0.1) is 6.92 Å². The van der Waals surface area contributed by atoms with E-state index in [9.17, 15) is 4.79 Å². The molecule has 1 heterocycles. The van der Waals surface area contributed by atoms with Gasteiger partial charge in [-0.05, 0) is 25.5 Å². The molecular formula is C21H21N3O2S. The molecule has 0 unspecified atom stereocenters. The fraction of sp³-hybridized carbons (Fsp3) is 0.190. The molecule has 3 rings (SSSR count). The molecule has 0 spiro atoms. The number of rotatable bonds is 7. The molecule has 0 bridgehead atoms. The molecule has 1 amide bonds. The van der Waals surface area contributed by atoms with Crippen LogP contribution in [0.15, 0.2) is 59.7 Å². The third-order valence-corrected chi connectivity index (χ3v) is 4.80. The van der Waals surface area contributed by atoms with E-state index in [1.165, 1.54) is 11.3 Å². The molecule has 27 heavy (non-hydrogen) atoms. The minimum absolute atomic E-state index is 0.325. The van der Waals surface area contributed by atoms with Crippen LogP contribution >= 0.6 is 11.3 Å². The van der Waals surface area contributed by atoms with E-state index in [1.54, 1.807) is 6.21 Å². The number of benzene rings is 2. The Balaban J connectivity index is 1.70. The first-order chi connectivity index (χ1) is 13.2. The van der Waals surface area contributed by atoms with Gasteiger partial charge in [-0.1, -0.05) is 49.4 Å². The van der Waals surface area contributed by atoms with Crippen molar-refractivity contribution < 1.29 is 9.53 Å². The van der Waals surface area contributed by atoms with Crippen LogP contribution in [0.5, 0.6) is 5.75 Å². The maximum Gasteiger partial charge on any atom is 0.291 e. The van der Waals surface area contributed by atoms with Gasteiger partial charge in [-0.25, -0.2) is 10.4 Å². The lowest BCUT2D eigenvalue weighted by Gasteiger charge is -2.07. The molecular weight excluding hydrogens is 358 g/mol. The van der Waals surface area contributed by atoms with Crippen LogP contribution in [0.4, 0.5) is 0 Å². The SMILES string of the molecule is CCCOc1ccccc1/C=N\NC(=O)c1nc(-c2ccccc2)sc1C. The van der Waals surface area contributed by atoms with E-state index in [0.717, 1.165) is 33.2 Å². The molecule has 0 aliphatic rings. The fourth-order valence-electron chi connectivity index (χ4n) is 2.46. The standard InChI is InChI=1S/C21H21N3O2S/c1-3-13-26-18-12-8-7-11-17(18)14-22-24-20(25)19-15(2)27-21(23-19)16-9-5-4-6-10-16/h4-12,14H,3,13H2,1-2H3,(H,24,25)/b22-14-. The number of para-hydroxylation sites is 1. The number of carbonyl (C=O) groups is 1. The van der Waals surface area contributed by atoms with E-state index in [2.05, 4.69) is 22.4 Å². The van der Waals surface area contributed by atoms with E-state index in [0.29, 0.717) is 12.3 Å². The summed E-state index contributed by atoms with van der Waals surface area (Å²) in [6.45, 7) is 4.57. The van der Waals surface area contributed by atoms with Crippen molar-refractivity contribution in [3.05, 3.63) is 70.7 Å². The van der Waals surface area contributed by atoms with Crippen LogP contribution in [0.25, 0.3) is 10.6 Å². The molecule has 0 fully saturated rings. The molecule has 1 N–H and O–H groups in total. The van der Waals surface area contributed by atoms with Crippen molar-refractivity contribution in [3.63, 3.8) is 0 Å². The number of hydrogen-bond donors (Lipinski definition) is 1. The van der Waals surface area contributed by atoms with Crippen molar-refractivity contribution in [2.75, 3.05) is 6.61 Å². The number of aryl methyl sites for hydroxylation is 1. The zero-order valence-corrected chi connectivity index (χ0v) is 16.1. The molecule has 2 aromatic carbocycles. The Hall–Kier alpha value is -2.99. The van der Waals surface area contributed by atoms with Gasteiger partial charge in [0.25, 0.3) is 5.91 Å². The number of nitrogens with one attached hydrogen (secondary N) is 1. The van der Waals surface area contributed by atoms with Crippen molar-refractivity contribution in [1.29, 1.82) is 0 Å². The Labute approximate surface area is 162 Å². The van der Waals surface area contributed by atoms with Gasteiger partial charge in [-0.2, -0.15) is 5.10 Å². The van der Waals surface area contributed by atoms with Crippen LogP contribution in [-0.4, -0.2) is 23.7 Å². The molecule has 138 valence electrons. The van der Waals surface area contributed by atoms with Crippen molar-refractivity contribution in [3.8, 4) is 16.3 Å². The summed E-state index contributed by atoms with van der Waals surface area (Å²) in [5.41, 5.74) is 4.76. The number of aromatic nitrogens is 1. The topological polar surface area (TPSA) is 63.6 Å². The van der Waals surface area contributed by atoms with Gasteiger partial charge in [0.15, 0.2) is 0 Å². The van der Waals surface area contributed by atoms with Crippen LogP contribution in [0.1, 0.15) is 34.3 Å². The molecule has 0 saturated heterocycles. The number of hydrazone groups is 1. The summed E-state index contributed by atoms with van der Waals surface area (Å²) in [6, 6.07) is 17.4. The number of carbonyl (C=O) groups excluding carboxylic acids is 1. The van der Waals surface area contributed by atoms with Crippen LogP contribution in [-0.2, 0) is 0 Å². The van der Waals surface area contributed by atoms with Crippen molar-refractivity contribution in [2.45, 2.75) is 20.3 Å². The summed E-state index contributed by atoms with van der Waals surface area (Å²) >= 11 is 1.49. The summed E-state index contributed by atoms with van der Waals surface area (Å²) in [5.74, 6) is 0.419. The van der Waals surface area contributed by atoms with Crippen LogP contribution in [0.2, 0.25) is 0 Å². The monoisotopic (exact) mass is 379 g/mol. The van der Waals surface area contributed by atoms with Gasteiger partial charge in [0.2, 0.25) is 0 Å². The highest BCUT2D eigenvalue weighted by atomic mass is 32.1. The second kappa shape index (κ2) is 9.09. The van der Waals surface area contributed by atoms with E-state index >= 15 is 0 Å². The number of amides is 1. The number of ether oxygens (including phenoxy) is 1. The summed E-state index contributed by atoms with van der Waals surface area (Å²) in [7, 11) is 0. The number of nitrogens with zero attached hydrogens (tertiary/aromatic N) is 2. The van der Waals surface area contributed by atoms with Gasteiger partial charge in [0.1, 0.15) is 16.5 Å².